The first kappa shape index (κ1) is 18.5. The number of nitrogens with one attached hydrogen (secondary N) is 1. The fraction of sp³-hybridized carbons (Fsp3) is 0.238. The van der Waals surface area contributed by atoms with Crippen LogP contribution < -0.4 is 15.7 Å². The van der Waals surface area contributed by atoms with Crippen LogP contribution in [-0.2, 0) is 17.8 Å². The maximum atomic E-state index is 12.2. The summed E-state index contributed by atoms with van der Waals surface area (Å²) in [5.41, 5.74) is 2.03. The molecule has 0 fully saturated rings. The van der Waals surface area contributed by atoms with E-state index in [2.05, 4.69) is 5.32 Å². The summed E-state index contributed by atoms with van der Waals surface area (Å²) in [6.07, 6.45) is 0.466. The lowest BCUT2D eigenvalue weighted by atomic mass is 10.0. The van der Waals surface area contributed by atoms with Gasteiger partial charge in [-0.1, -0.05) is 12.1 Å². The van der Waals surface area contributed by atoms with Gasteiger partial charge in [-0.25, -0.2) is 4.79 Å². The molecule has 1 heterocycles. The molecule has 0 aliphatic rings. The molecule has 0 spiro atoms. The zero-order valence-corrected chi connectivity index (χ0v) is 15.2. The van der Waals surface area contributed by atoms with E-state index in [0.717, 1.165) is 22.3 Å². The van der Waals surface area contributed by atoms with Crippen molar-refractivity contribution in [2.24, 2.45) is 0 Å². The summed E-state index contributed by atoms with van der Waals surface area (Å²) < 4.78 is 10.4. The highest BCUT2D eigenvalue weighted by atomic mass is 16.5. The fourth-order valence-electron chi connectivity index (χ4n) is 2.98. The molecule has 0 radical (unpaired) electrons. The highest BCUT2D eigenvalue weighted by molar-refractivity contribution is 5.82. The van der Waals surface area contributed by atoms with Gasteiger partial charge in [0.2, 0.25) is 5.91 Å². The zero-order chi connectivity index (χ0) is 19.4. The second-order valence-corrected chi connectivity index (χ2v) is 6.30. The van der Waals surface area contributed by atoms with E-state index in [-0.39, 0.29) is 24.5 Å². The first-order valence-corrected chi connectivity index (χ1v) is 8.63. The number of carbonyl (C=O) groups is 1. The number of aromatic hydroxyl groups is 1. The normalized spacial score (nSPS) is 10.7. The zero-order valence-electron chi connectivity index (χ0n) is 15.2. The first-order valence-electron chi connectivity index (χ1n) is 8.63. The Labute approximate surface area is 156 Å². The van der Waals surface area contributed by atoms with Gasteiger partial charge in [0, 0.05) is 30.0 Å². The number of methoxy groups -OCH3 is 1. The lowest BCUT2D eigenvalue weighted by Gasteiger charge is -2.09. The van der Waals surface area contributed by atoms with Crippen LogP contribution in [0.2, 0.25) is 0 Å². The van der Waals surface area contributed by atoms with Crippen LogP contribution in [0.5, 0.6) is 11.5 Å². The number of hydrogen-bond acceptors (Lipinski definition) is 5. The lowest BCUT2D eigenvalue weighted by Crippen LogP contribution is -2.24. The Morgan fingerprint density at radius 1 is 1.22 bits per heavy atom. The number of phenols is 1. The minimum absolute atomic E-state index is 0.0368. The average Bonchev–Trinajstić information content (AvgIpc) is 2.66. The van der Waals surface area contributed by atoms with Crippen molar-refractivity contribution in [1.82, 2.24) is 5.32 Å². The monoisotopic (exact) mass is 367 g/mol. The van der Waals surface area contributed by atoms with Crippen LogP contribution in [0.3, 0.4) is 0 Å². The van der Waals surface area contributed by atoms with E-state index < -0.39 is 5.63 Å². The van der Waals surface area contributed by atoms with Crippen molar-refractivity contribution < 1.29 is 19.1 Å². The molecule has 0 atom stereocenters. The molecule has 0 bridgehead atoms. The third-order valence-electron chi connectivity index (χ3n) is 4.50. The van der Waals surface area contributed by atoms with Gasteiger partial charge in [0.05, 0.1) is 7.11 Å². The molecule has 0 aliphatic heterocycles. The Morgan fingerprint density at radius 2 is 2.04 bits per heavy atom. The third-order valence-corrected chi connectivity index (χ3v) is 4.50. The summed E-state index contributed by atoms with van der Waals surface area (Å²) in [5.74, 6) is 0.620. The van der Waals surface area contributed by atoms with Gasteiger partial charge >= 0.3 is 5.63 Å². The number of amides is 1. The molecule has 0 saturated heterocycles. The maximum absolute atomic E-state index is 12.2. The summed E-state index contributed by atoms with van der Waals surface area (Å²) in [6.45, 7) is 2.21. The quantitative estimate of drug-likeness (QED) is 0.654. The second-order valence-electron chi connectivity index (χ2n) is 6.30. The number of phenolic OH excluding ortho intramolecular Hbond substituents is 1. The molecule has 27 heavy (non-hydrogen) atoms. The number of aryl methyl sites for hydroxylation is 1. The summed E-state index contributed by atoms with van der Waals surface area (Å²) >= 11 is 0. The number of fused-ring (bicyclic) bond motifs is 1. The van der Waals surface area contributed by atoms with Crippen molar-refractivity contribution in [3.05, 3.63) is 69.6 Å². The van der Waals surface area contributed by atoms with Crippen molar-refractivity contribution in [2.75, 3.05) is 7.11 Å². The largest absolute Gasteiger partial charge is 0.508 e. The number of carbonyl (C=O) groups excluding carboxylic acids is 1. The van der Waals surface area contributed by atoms with Crippen LogP contribution in [0.1, 0.15) is 23.1 Å². The number of hydrogen-bond donors (Lipinski definition) is 2. The fourth-order valence-corrected chi connectivity index (χ4v) is 2.98. The van der Waals surface area contributed by atoms with E-state index in [9.17, 15) is 14.7 Å². The van der Waals surface area contributed by atoms with Gasteiger partial charge < -0.3 is 19.6 Å². The number of ether oxygens (including phenoxy) is 1. The topological polar surface area (TPSA) is 88.8 Å². The molecular weight excluding hydrogens is 346 g/mol. The van der Waals surface area contributed by atoms with Crippen LogP contribution in [0.4, 0.5) is 0 Å². The van der Waals surface area contributed by atoms with Gasteiger partial charge in [0.15, 0.2) is 0 Å². The maximum Gasteiger partial charge on any atom is 0.339 e. The molecular formula is C21H21NO5. The van der Waals surface area contributed by atoms with Gasteiger partial charge in [-0.2, -0.15) is 0 Å². The predicted octanol–water partition coefficient (Wildman–Crippen LogP) is 3.06. The SMILES string of the molecule is COc1cccc(CNC(=O)CCc2c(C)c3ccc(O)cc3oc2=O)c1. The Bertz CT molecular complexity index is 1040. The van der Waals surface area contributed by atoms with Crippen LogP contribution in [0.15, 0.2) is 51.7 Å². The van der Waals surface area contributed by atoms with Gasteiger partial charge in [-0.05, 0) is 48.7 Å². The van der Waals surface area contributed by atoms with E-state index in [1.54, 1.807) is 19.2 Å². The molecule has 3 rings (SSSR count). The molecule has 2 N–H and O–H groups in total. The molecule has 0 unspecified atom stereocenters. The molecule has 2 aromatic carbocycles. The highest BCUT2D eigenvalue weighted by Gasteiger charge is 2.13. The smallest absolute Gasteiger partial charge is 0.339 e. The second kappa shape index (κ2) is 7.95. The number of rotatable bonds is 6. The standard InChI is InChI=1S/C21H21NO5/c1-13-17-7-6-15(23)11-19(17)27-21(25)18(13)8-9-20(24)22-12-14-4-3-5-16(10-14)26-2/h3-7,10-11,23H,8-9,12H2,1-2H3,(H,22,24). The molecule has 3 aromatic rings. The summed E-state index contributed by atoms with van der Waals surface area (Å²) in [5, 5.41) is 13.1. The highest BCUT2D eigenvalue weighted by Crippen LogP contribution is 2.23. The molecule has 0 saturated carbocycles. The molecule has 140 valence electrons. The molecule has 0 aliphatic carbocycles. The van der Waals surface area contributed by atoms with E-state index >= 15 is 0 Å². The van der Waals surface area contributed by atoms with Crippen LogP contribution in [0, 0.1) is 6.92 Å². The Morgan fingerprint density at radius 3 is 2.81 bits per heavy atom. The van der Waals surface area contributed by atoms with E-state index in [4.69, 9.17) is 9.15 Å². The number of benzene rings is 2. The average molecular weight is 367 g/mol. The van der Waals surface area contributed by atoms with Crippen molar-refractivity contribution in [3.8, 4) is 11.5 Å². The molecule has 6 heteroatoms. The van der Waals surface area contributed by atoms with Gasteiger partial charge in [0.1, 0.15) is 17.1 Å². The summed E-state index contributed by atoms with van der Waals surface area (Å²) in [7, 11) is 1.59. The third kappa shape index (κ3) is 4.28. The predicted molar refractivity (Wildman–Crippen MR) is 102 cm³/mol. The minimum atomic E-state index is -0.480. The first-order chi connectivity index (χ1) is 13.0. The van der Waals surface area contributed by atoms with Crippen LogP contribution in [-0.4, -0.2) is 18.1 Å². The van der Waals surface area contributed by atoms with Gasteiger partial charge in [0.25, 0.3) is 0 Å². The van der Waals surface area contributed by atoms with Crippen molar-refractivity contribution in [3.63, 3.8) is 0 Å². The summed E-state index contributed by atoms with van der Waals surface area (Å²) in [6, 6.07) is 12.1. The minimum Gasteiger partial charge on any atom is -0.508 e. The Kier molecular flexibility index (Phi) is 5.45. The van der Waals surface area contributed by atoms with Crippen molar-refractivity contribution >= 4 is 16.9 Å². The summed E-state index contributed by atoms with van der Waals surface area (Å²) in [4.78, 5) is 24.4. The molecule has 6 nitrogen and oxygen atoms in total. The van der Waals surface area contributed by atoms with E-state index in [1.807, 2.05) is 31.2 Å². The molecule has 1 amide bonds. The van der Waals surface area contributed by atoms with E-state index in [0.29, 0.717) is 17.7 Å². The lowest BCUT2D eigenvalue weighted by molar-refractivity contribution is -0.121. The van der Waals surface area contributed by atoms with Crippen LogP contribution >= 0.6 is 0 Å². The van der Waals surface area contributed by atoms with Crippen molar-refractivity contribution in [1.29, 1.82) is 0 Å². The van der Waals surface area contributed by atoms with Gasteiger partial charge in [-0.3, -0.25) is 4.79 Å². The van der Waals surface area contributed by atoms with Crippen molar-refractivity contribution in [2.45, 2.75) is 26.3 Å². The molecule has 1 aromatic heterocycles. The van der Waals surface area contributed by atoms with E-state index in [1.165, 1.54) is 6.07 Å². The van der Waals surface area contributed by atoms with Gasteiger partial charge in [-0.15, -0.1) is 0 Å². The Hall–Kier alpha value is -3.28. The Balaban J connectivity index is 1.66. The van der Waals surface area contributed by atoms with Crippen LogP contribution in [0.25, 0.3) is 11.0 Å².